The van der Waals surface area contributed by atoms with E-state index in [1.54, 1.807) is 0 Å². The van der Waals surface area contributed by atoms with Crippen LogP contribution < -0.4 is 5.32 Å². The molecule has 1 fully saturated rings. The molecule has 0 saturated carbocycles. The van der Waals surface area contributed by atoms with Gasteiger partial charge >= 0.3 is 0 Å². The van der Waals surface area contributed by atoms with Crippen molar-refractivity contribution in [3.63, 3.8) is 0 Å². The predicted octanol–water partition coefficient (Wildman–Crippen LogP) is 3.00. The highest BCUT2D eigenvalue weighted by Crippen LogP contribution is 2.24. The molecule has 1 N–H and O–H groups in total. The van der Waals surface area contributed by atoms with Gasteiger partial charge < -0.3 is 14.8 Å². The van der Waals surface area contributed by atoms with Gasteiger partial charge in [-0.3, -0.25) is 0 Å². The third kappa shape index (κ3) is 5.61. The molecule has 2 unspecified atom stereocenters. The largest absolute Gasteiger partial charge is 0.374 e. The van der Waals surface area contributed by atoms with Gasteiger partial charge in [-0.2, -0.15) is 0 Å². The maximum Gasteiger partial charge on any atom is 0.0937 e. The topological polar surface area (TPSA) is 30.5 Å². The van der Waals surface area contributed by atoms with E-state index in [0.29, 0.717) is 24.7 Å². The normalized spacial score (nSPS) is 23.8. The minimum Gasteiger partial charge on any atom is -0.374 e. The number of ether oxygens (including phenoxy) is 2. The lowest BCUT2D eigenvalue weighted by molar-refractivity contribution is -0.0891. The van der Waals surface area contributed by atoms with Gasteiger partial charge in [0.1, 0.15) is 0 Å². The second-order valence-electron chi connectivity index (χ2n) is 6.80. The van der Waals surface area contributed by atoms with Gasteiger partial charge in [0.15, 0.2) is 0 Å². The summed E-state index contributed by atoms with van der Waals surface area (Å²) in [7, 11) is 0. The van der Waals surface area contributed by atoms with Crippen molar-refractivity contribution in [1.29, 1.82) is 0 Å². The summed E-state index contributed by atoms with van der Waals surface area (Å²) in [6.45, 7) is 9.92. The number of hydrogen-bond donors (Lipinski definition) is 1. The van der Waals surface area contributed by atoms with Crippen LogP contribution in [0.5, 0.6) is 0 Å². The molecule has 0 amide bonds. The minimum atomic E-state index is 0.166. The Morgan fingerprint density at radius 1 is 1.15 bits per heavy atom. The van der Waals surface area contributed by atoms with Crippen LogP contribution in [-0.4, -0.2) is 31.9 Å². The summed E-state index contributed by atoms with van der Waals surface area (Å²) in [5, 5.41) is 3.45. The Morgan fingerprint density at radius 2 is 1.85 bits per heavy atom. The SMILES string of the molecule is CC(C)(C)CC1CNCC(COCc2ccccc2)O1. The van der Waals surface area contributed by atoms with Crippen LogP contribution in [0.1, 0.15) is 32.8 Å². The highest BCUT2D eigenvalue weighted by atomic mass is 16.5. The zero-order chi connectivity index (χ0) is 14.4. The molecule has 0 aliphatic carbocycles. The summed E-state index contributed by atoms with van der Waals surface area (Å²) in [6.07, 6.45) is 1.55. The average Bonchev–Trinajstić information content (AvgIpc) is 2.38. The molecular formula is C17H27NO2. The highest BCUT2D eigenvalue weighted by molar-refractivity contribution is 5.13. The standard InChI is InChI=1S/C17H27NO2/c1-17(2,3)9-15-10-18-11-16(20-15)13-19-12-14-7-5-4-6-8-14/h4-8,15-16,18H,9-13H2,1-3H3. The fourth-order valence-electron chi connectivity index (χ4n) is 2.56. The molecule has 0 radical (unpaired) electrons. The Kier molecular flexibility index (Phi) is 5.58. The number of benzene rings is 1. The van der Waals surface area contributed by atoms with Gasteiger partial charge in [-0.05, 0) is 17.4 Å². The van der Waals surface area contributed by atoms with Crippen LogP contribution >= 0.6 is 0 Å². The minimum absolute atomic E-state index is 0.166. The van der Waals surface area contributed by atoms with Gasteiger partial charge in [0.05, 0.1) is 25.4 Å². The number of nitrogens with one attached hydrogen (secondary N) is 1. The van der Waals surface area contributed by atoms with E-state index in [0.717, 1.165) is 19.5 Å². The first kappa shape index (κ1) is 15.5. The van der Waals surface area contributed by atoms with Crippen LogP contribution in [0.4, 0.5) is 0 Å². The Hall–Kier alpha value is -0.900. The number of hydrogen-bond acceptors (Lipinski definition) is 3. The second kappa shape index (κ2) is 7.21. The van der Waals surface area contributed by atoms with Gasteiger partial charge in [0.2, 0.25) is 0 Å². The van der Waals surface area contributed by atoms with E-state index in [-0.39, 0.29) is 6.10 Å². The molecule has 0 spiro atoms. The van der Waals surface area contributed by atoms with Crippen LogP contribution in [0.25, 0.3) is 0 Å². The highest BCUT2D eigenvalue weighted by Gasteiger charge is 2.26. The van der Waals surface area contributed by atoms with Gasteiger partial charge in [-0.15, -0.1) is 0 Å². The molecule has 2 rings (SSSR count). The molecule has 1 aliphatic rings. The molecule has 112 valence electrons. The van der Waals surface area contributed by atoms with Gasteiger partial charge in [-0.1, -0.05) is 51.1 Å². The molecule has 1 saturated heterocycles. The number of rotatable bonds is 5. The van der Waals surface area contributed by atoms with E-state index in [4.69, 9.17) is 9.47 Å². The molecule has 1 aromatic carbocycles. The summed E-state index contributed by atoms with van der Waals surface area (Å²) in [5.74, 6) is 0. The Bertz CT molecular complexity index is 386. The van der Waals surface area contributed by atoms with Crippen LogP contribution in [0, 0.1) is 5.41 Å². The van der Waals surface area contributed by atoms with Crippen molar-refractivity contribution in [2.24, 2.45) is 5.41 Å². The quantitative estimate of drug-likeness (QED) is 0.897. The van der Waals surface area contributed by atoms with Crippen LogP contribution in [0.3, 0.4) is 0 Å². The molecule has 3 heteroatoms. The second-order valence-corrected chi connectivity index (χ2v) is 6.80. The first-order valence-electron chi connectivity index (χ1n) is 7.51. The van der Waals surface area contributed by atoms with E-state index in [1.807, 2.05) is 18.2 Å². The van der Waals surface area contributed by atoms with Crippen molar-refractivity contribution >= 4 is 0 Å². The molecule has 3 nitrogen and oxygen atoms in total. The maximum absolute atomic E-state index is 6.11. The average molecular weight is 277 g/mol. The molecule has 1 aromatic rings. The van der Waals surface area contributed by atoms with Gasteiger partial charge in [0, 0.05) is 13.1 Å². The maximum atomic E-state index is 6.11. The molecule has 1 aliphatic heterocycles. The summed E-state index contributed by atoms with van der Waals surface area (Å²) in [5.41, 5.74) is 1.52. The fourth-order valence-corrected chi connectivity index (χ4v) is 2.56. The smallest absolute Gasteiger partial charge is 0.0937 e. The molecule has 1 heterocycles. The summed E-state index contributed by atoms with van der Waals surface area (Å²) < 4.78 is 11.9. The van der Waals surface area contributed by atoms with Gasteiger partial charge in [-0.25, -0.2) is 0 Å². The Morgan fingerprint density at radius 3 is 2.55 bits per heavy atom. The fraction of sp³-hybridized carbons (Fsp3) is 0.647. The summed E-state index contributed by atoms with van der Waals surface area (Å²) >= 11 is 0. The molecule has 20 heavy (non-hydrogen) atoms. The zero-order valence-corrected chi connectivity index (χ0v) is 12.9. The number of morpholine rings is 1. The van der Waals surface area contributed by atoms with Crippen molar-refractivity contribution < 1.29 is 9.47 Å². The Balaban J connectivity index is 1.70. The van der Waals surface area contributed by atoms with Crippen molar-refractivity contribution in [1.82, 2.24) is 5.32 Å². The van der Waals surface area contributed by atoms with Crippen molar-refractivity contribution in [2.45, 2.75) is 46.0 Å². The molecule has 2 atom stereocenters. The molecular weight excluding hydrogens is 250 g/mol. The first-order valence-corrected chi connectivity index (χ1v) is 7.51. The van der Waals surface area contributed by atoms with E-state index < -0.39 is 0 Å². The van der Waals surface area contributed by atoms with E-state index in [2.05, 4.69) is 38.2 Å². The van der Waals surface area contributed by atoms with E-state index in [1.165, 1.54) is 5.56 Å². The van der Waals surface area contributed by atoms with Crippen molar-refractivity contribution in [3.8, 4) is 0 Å². The lowest BCUT2D eigenvalue weighted by Gasteiger charge is -2.34. The van der Waals surface area contributed by atoms with E-state index >= 15 is 0 Å². The lowest BCUT2D eigenvalue weighted by Crippen LogP contribution is -2.47. The van der Waals surface area contributed by atoms with Crippen molar-refractivity contribution in [2.75, 3.05) is 19.7 Å². The lowest BCUT2D eigenvalue weighted by atomic mass is 9.89. The summed E-state index contributed by atoms with van der Waals surface area (Å²) in [4.78, 5) is 0. The van der Waals surface area contributed by atoms with E-state index in [9.17, 15) is 0 Å². The van der Waals surface area contributed by atoms with Crippen LogP contribution in [0.15, 0.2) is 30.3 Å². The third-order valence-corrected chi connectivity index (χ3v) is 3.38. The third-order valence-electron chi connectivity index (χ3n) is 3.38. The van der Waals surface area contributed by atoms with Gasteiger partial charge in [0.25, 0.3) is 0 Å². The summed E-state index contributed by atoms with van der Waals surface area (Å²) in [6, 6.07) is 10.3. The first-order chi connectivity index (χ1) is 9.53. The predicted molar refractivity (Wildman–Crippen MR) is 81.7 cm³/mol. The monoisotopic (exact) mass is 277 g/mol. The van der Waals surface area contributed by atoms with Crippen LogP contribution in [-0.2, 0) is 16.1 Å². The zero-order valence-electron chi connectivity index (χ0n) is 12.9. The van der Waals surface area contributed by atoms with Crippen molar-refractivity contribution in [3.05, 3.63) is 35.9 Å². The molecule has 0 aromatic heterocycles. The van der Waals surface area contributed by atoms with Crippen LogP contribution in [0.2, 0.25) is 0 Å². The molecule has 0 bridgehead atoms. The Labute approximate surface area is 122 Å².